The zero-order valence-electron chi connectivity index (χ0n) is 18.6. The number of imidazole rings is 1. The second kappa shape index (κ2) is 10.1. The quantitative estimate of drug-likeness (QED) is 0.333. The van der Waals surface area contributed by atoms with E-state index in [9.17, 15) is 9.90 Å². The number of carbonyl (C=O) groups excluding carboxylic acids is 1. The number of hydrogen-bond acceptors (Lipinski definition) is 6. The van der Waals surface area contributed by atoms with Crippen molar-refractivity contribution in [2.45, 2.75) is 13.3 Å². The fourth-order valence-corrected chi connectivity index (χ4v) is 3.57. The summed E-state index contributed by atoms with van der Waals surface area (Å²) in [6, 6.07) is 14.3. The number of ether oxygens (including phenoxy) is 2. The number of H-pyrrole nitrogens is 1. The number of phenols is 1. The molecule has 2 heterocycles. The number of aromatic amines is 1. The van der Waals surface area contributed by atoms with Gasteiger partial charge in [0.15, 0.2) is 0 Å². The number of phenolic OH excluding ortho intramolecular Hbond substituents is 1. The summed E-state index contributed by atoms with van der Waals surface area (Å²) in [4.78, 5) is 24.5. The van der Waals surface area contributed by atoms with E-state index in [0.717, 1.165) is 17.5 Å². The topological polar surface area (TPSA) is 109 Å². The molecule has 0 aliphatic rings. The lowest BCUT2D eigenvalue weighted by Gasteiger charge is -2.09. The van der Waals surface area contributed by atoms with E-state index >= 15 is 0 Å². The number of rotatable bonds is 9. The molecule has 8 nitrogen and oxygen atoms in total. The molecule has 2 aromatic heterocycles. The van der Waals surface area contributed by atoms with Crippen LogP contribution in [0.5, 0.6) is 11.6 Å². The summed E-state index contributed by atoms with van der Waals surface area (Å²) in [5.41, 5.74) is 4.11. The van der Waals surface area contributed by atoms with Crippen LogP contribution in [-0.2, 0) is 4.74 Å². The van der Waals surface area contributed by atoms with Crippen LogP contribution < -0.4 is 10.1 Å². The number of nitrogens with zero attached hydrogens (tertiary/aromatic N) is 2. The lowest BCUT2D eigenvalue weighted by atomic mass is 10.0. The van der Waals surface area contributed by atoms with Gasteiger partial charge in [-0.25, -0.2) is 9.97 Å². The molecule has 4 rings (SSSR count). The molecule has 170 valence electrons. The molecular formula is C25H26N4O4. The van der Waals surface area contributed by atoms with Crippen LogP contribution in [0.2, 0.25) is 0 Å². The van der Waals surface area contributed by atoms with Gasteiger partial charge in [0.05, 0.1) is 23.7 Å². The molecule has 1 amide bonds. The fraction of sp³-hybridized carbons (Fsp3) is 0.240. The summed E-state index contributed by atoms with van der Waals surface area (Å²) in [7, 11) is 1.57. The van der Waals surface area contributed by atoms with Gasteiger partial charge in [0.1, 0.15) is 11.6 Å². The van der Waals surface area contributed by atoms with Gasteiger partial charge in [0, 0.05) is 37.1 Å². The van der Waals surface area contributed by atoms with Gasteiger partial charge in [0.25, 0.3) is 5.91 Å². The molecule has 3 N–H and O–H groups in total. The Morgan fingerprint density at radius 2 is 2.03 bits per heavy atom. The number of hydrogen-bond donors (Lipinski definition) is 3. The molecule has 0 radical (unpaired) electrons. The normalized spacial score (nSPS) is 11.0. The van der Waals surface area contributed by atoms with E-state index in [0.29, 0.717) is 53.6 Å². The minimum atomic E-state index is -0.155. The van der Waals surface area contributed by atoms with Gasteiger partial charge < -0.3 is 24.9 Å². The van der Waals surface area contributed by atoms with Crippen molar-refractivity contribution in [3.05, 3.63) is 60.3 Å². The largest absolute Gasteiger partial charge is 0.507 e. The molecule has 0 aliphatic heterocycles. The van der Waals surface area contributed by atoms with Crippen LogP contribution in [0.15, 0.2) is 54.7 Å². The Kier molecular flexibility index (Phi) is 6.85. The Labute approximate surface area is 191 Å². The lowest BCUT2D eigenvalue weighted by Crippen LogP contribution is -2.25. The van der Waals surface area contributed by atoms with E-state index in [1.165, 1.54) is 0 Å². The first-order valence-corrected chi connectivity index (χ1v) is 10.8. The summed E-state index contributed by atoms with van der Waals surface area (Å²) in [5, 5.41) is 13.4. The second-order valence-electron chi connectivity index (χ2n) is 7.42. The highest BCUT2D eigenvalue weighted by atomic mass is 16.5. The number of amides is 1. The SMILES string of the molecule is CCOCCCNC(=O)c1ccc2nc(-c3cc(-c4cccnc4OC)ccc3O)[nH]c2c1. The maximum Gasteiger partial charge on any atom is 0.251 e. The number of benzene rings is 2. The van der Waals surface area contributed by atoms with Crippen LogP contribution >= 0.6 is 0 Å². The molecule has 0 fully saturated rings. The van der Waals surface area contributed by atoms with Gasteiger partial charge in [-0.2, -0.15) is 0 Å². The fourth-order valence-electron chi connectivity index (χ4n) is 3.57. The number of nitrogens with one attached hydrogen (secondary N) is 2. The van der Waals surface area contributed by atoms with E-state index in [-0.39, 0.29) is 11.7 Å². The van der Waals surface area contributed by atoms with E-state index in [2.05, 4.69) is 20.3 Å². The number of aromatic hydroxyl groups is 1. The molecule has 33 heavy (non-hydrogen) atoms. The van der Waals surface area contributed by atoms with Crippen LogP contribution in [0.25, 0.3) is 33.5 Å². The zero-order valence-corrected chi connectivity index (χ0v) is 18.6. The van der Waals surface area contributed by atoms with E-state index < -0.39 is 0 Å². The Balaban J connectivity index is 1.59. The molecule has 0 unspecified atom stereocenters. The van der Waals surface area contributed by atoms with Gasteiger partial charge in [-0.3, -0.25) is 4.79 Å². The second-order valence-corrected chi connectivity index (χ2v) is 7.42. The van der Waals surface area contributed by atoms with Crippen LogP contribution in [0, 0.1) is 0 Å². The highest BCUT2D eigenvalue weighted by Gasteiger charge is 2.15. The maximum absolute atomic E-state index is 12.5. The van der Waals surface area contributed by atoms with Crippen molar-refractivity contribution >= 4 is 16.9 Å². The van der Waals surface area contributed by atoms with Gasteiger partial charge in [-0.05, 0) is 61.4 Å². The lowest BCUT2D eigenvalue weighted by molar-refractivity contribution is 0.0944. The first-order valence-electron chi connectivity index (χ1n) is 10.8. The van der Waals surface area contributed by atoms with Crippen LogP contribution in [0.3, 0.4) is 0 Å². The van der Waals surface area contributed by atoms with Crippen LogP contribution in [0.4, 0.5) is 0 Å². The first kappa shape index (κ1) is 22.3. The molecule has 0 atom stereocenters. The van der Waals surface area contributed by atoms with E-state index in [4.69, 9.17) is 9.47 Å². The molecule has 0 aliphatic carbocycles. The molecule has 0 saturated carbocycles. The third-order valence-electron chi connectivity index (χ3n) is 5.23. The smallest absolute Gasteiger partial charge is 0.251 e. The average molecular weight is 447 g/mol. The van der Waals surface area contributed by atoms with Crippen molar-refractivity contribution in [1.29, 1.82) is 0 Å². The van der Waals surface area contributed by atoms with Crippen LogP contribution in [0.1, 0.15) is 23.7 Å². The Morgan fingerprint density at radius 1 is 1.15 bits per heavy atom. The minimum absolute atomic E-state index is 0.0907. The monoisotopic (exact) mass is 446 g/mol. The van der Waals surface area contributed by atoms with Crippen molar-refractivity contribution in [3.63, 3.8) is 0 Å². The summed E-state index contributed by atoms with van der Waals surface area (Å²) in [5.74, 6) is 0.933. The maximum atomic E-state index is 12.5. The standard InChI is InChI=1S/C25H26N4O4/c1-3-33-13-5-12-26-24(31)17-7-9-20-21(15-17)29-23(28-20)19-14-16(8-10-22(19)30)18-6-4-11-27-25(18)32-2/h4,6-11,14-15,30H,3,5,12-13H2,1-2H3,(H,26,31)(H,28,29). The Morgan fingerprint density at radius 3 is 2.85 bits per heavy atom. The van der Waals surface area contributed by atoms with Gasteiger partial charge in [-0.1, -0.05) is 6.07 Å². The number of aromatic nitrogens is 3. The molecule has 0 bridgehead atoms. The molecule has 0 spiro atoms. The average Bonchev–Trinajstić information content (AvgIpc) is 3.27. The highest BCUT2D eigenvalue weighted by Crippen LogP contribution is 2.35. The summed E-state index contributed by atoms with van der Waals surface area (Å²) >= 11 is 0. The Hall–Kier alpha value is -3.91. The molecule has 0 saturated heterocycles. The minimum Gasteiger partial charge on any atom is -0.507 e. The van der Waals surface area contributed by atoms with Crippen LogP contribution in [-0.4, -0.2) is 52.8 Å². The summed E-state index contributed by atoms with van der Waals surface area (Å²) < 4.78 is 10.7. The third kappa shape index (κ3) is 4.96. The number of carbonyl (C=O) groups is 1. The highest BCUT2D eigenvalue weighted by molar-refractivity contribution is 5.97. The Bertz CT molecular complexity index is 1270. The molecule has 2 aromatic carbocycles. The molecule has 8 heteroatoms. The predicted octanol–water partition coefficient (Wildman–Crippen LogP) is 4.16. The van der Waals surface area contributed by atoms with E-state index in [1.807, 2.05) is 25.1 Å². The molecule has 4 aromatic rings. The number of methoxy groups -OCH3 is 1. The first-order chi connectivity index (χ1) is 16.1. The van der Waals surface area contributed by atoms with Gasteiger partial charge in [-0.15, -0.1) is 0 Å². The van der Waals surface area contributed by atoms with E-state index in [1.54, 1.807) is 43.6 Å². The van der Waals surface area contributed by atoms with Crippen molar-refractivity contribution in [2.24, 2.45) is 0 Å². The van der Waals surface area contributed by atoms with Crippen molar-refractivity contribution in [3.8, 4) is 34.1 Å². The van der Waals surface area contributed by atoms with Crippen molar-refractivity contribution in [1.82, 2.24) is 20.3 Å². The summed E-state index contributed by atoms with van der Waals surface area (Å²) in [6.45, 7) is 3.77. The number of fused-ring (bicyclic) bond motifs is 1. The summed E-state index contributed by atoms with van der Waals surface area (Å²) in [6.07, 6.45) is 2.42. The van der Waals surface area contributed by atoms with Gasteiger partial charge in [0.2, 0.25) is 5.88 Å². The predicted molar refractivity (Wildman–Crippen MR) is 126 cm³/mol. The molecular weight excluding hydrogens is 420 g/mol. The van der Waals surface area contributed by atoms with Gasteiger partial charge >= 0.3 is 0 Å². The van der Waals surface area contributed by atoms with Crippen molar-refractivity contribution < 1.29 is 19.4 Å². The van der Waals surface area contributed by atoms with Crippen molar-refractivity contribution in [2.75, 3.05) is 26.9 Å². The third-order valence-corrected chi connectivity index (χ3v) is 5.23. The zero-order chi connectivity index (χ0) is 23.2. The number of pyridine rings is 1.